The summed E-state index contributed by atoms with van der Waals surface area (Å²) in [5.74, 6) is 1.43. The molecule has 0 unspecified atom stereocenters. The van der Waals surface area contributed by atoms with Crippen LogP contribution < -0.4 is 16.0 Å². The van der Waals surface area contributed by atoms with Gasteiger partial charge in [-0.15, -0.1) is 0 Å². The van der Waals surface area contributed by atoms with E-state index >= 15 is 0 Å². The molecule has 3 aromatic rings. The van der Waals surface area contributed by atoms with Gasteiger partial charge in [-0.1, -0.05) is 13.8 Å². The number of pyridine rings is 1. The van der Waals surface area contributed by atoms with Gasteiger partial charge in [0.1, 0.15) is 5.82 Å². The molecule has 8 nitrogen and oxygen atoms in total. The molecular weight excluding hydrogens is 438 g/mol. The number of aromatic nitrogens is 3. The second-order valence-electron chi connectivity index (χ2n) is 10.3. The smallest absolute Gasteiger partial charge is 0.251 e. The van der Waals surface area contributed by atoms with Gasteiger partial charge in [0.15, 0.2) is 0 Å². The van der Waals surface area contributed by atoms with Crippen molar-refractivity contribution in [2.45, 2.75) is 45.1 Å². The lowest BCUT2D eigenvalue weighted by Crippen LogP contribution is -2.43. The third-order valence-corrected chi connectivity index (χ3v) is 7.05. The Bertz CT molecular complexity index is 1250. The van der Waals surface area contributed by atoms with Crippen molar-refractivity contribution < 1.29 is 4.79 Å². The fraction of sp³-hybridized carbons (Fsp3) is 0.407. The van der Waals surface area contributed by atoms with Gasteiger partial charge in [-0.2, -0.15) is 0 Å². The molecule has 1 aromatic carbocycles. The fourth-order valence-corrected chi connectivity index (χ4v) is 4.73. The first-order chi connectivity index (χ1) is 16.8. The first-order valence-electron chi connectivity index (χ1n) is 12.2. The van der Waals surface area contributed by atoms with Gasteiger partial charge >= 0.3 is 0 Å². The molecule has 2 aliphatic heterocycles. The number of nitrogens with zero attached hydrogens (tertiary/aromatic N) is 4. The highest BCUT2D eigenvalue weighted by Gasteiger charge is 2.31. The molecule has 1 fully saturated rings. The van der Waals surface area contributed by atoms with E-state index < -0.39 is 0 Å². The highest BCUT2D eigenvalue weighted by atomic mass is 16.1. The Morgan fingerprint density at radius 2 is 1.94 bits per heavy atom. The zero-order chi connectivity index (χ0) is 24.6. The number of fused-ring (bicyclic) bond motifs is 1. The molecule has 2 aliphatic rings. The van der Waals surface area contributed by atoms with E-state index in [1.807, 2.05) is 37.4 Å². The normalized spacial score (nSPS) is 17.5. The average molecular weight is 472 g/mol. The van der Waals surface area contributed by atoms with E-state index in [0.29, 0.717) is 11.5 Å². The van der Waals surface area contributed by atoms with E-state index in [4.69, 9.17) is 4.98 Å². The number of piperidine rings is 1. The fourth-order valence-electron chi connectivity index (χ4n) is 4.73. The predicted molar refractivity (Wildman–Crippen MR) is 139 cm³/mol. The van der Waals surface area contributed by atoms with E-state index in [2.05, 4.69) is 57.8 Å². The first-order valence-corrected chi connectivity index (χ1v) is 12.2. The van der Waals surface area contributed by atoms with E-state index in [0.717, 1.165) is 60.8 Å². The Morgan fingerprint density at radius 3 is 2.71 bits per heavy atom. The number of rotatable bonds is 5. The van der Waals surface area contributed by atoms with Gasteiger partial charge in [0, 0.05) is 52.8 Å². The minimum Gasteiger partial charge on any atom is -0.369 e. The van der Waals surface area contributed by atoms with E-state index in [-0.39, 0.29) is 17.4 Å². The topological polar surface area (TPSA) is 95.1 Å². The Labute approximate surface area is 206 Å². The van der Waals surface area contributed by atoms with Crippen molar-refractivity contribution in [2.75, 3.05) is 37.3 Å². The van der Waals surface area contributed by atoms with Crippen LogP contribution in [-0.4, -0.2) is 58.5 Å². The zero-order valence-electron chi connectivity index (χ0n) is 20.9. The summed E-state index contributed by atoms with van der Waals surface area (Å²) in [6, 6.07) is 9.98. The van der Waals surface area contributed by atoms with E-state index in [1.165, 1.54) is 5.56 Å². The van der Waals surface area contributed by atoms with Gasteiger partial charge in [-0.05, 0) is 75.8 Å². The molecule has 2 aromatic heterocycles. The molecule has 0 aliphatic carbocycles. The maximum absolute atomic E-state index is 12.8. The summed E-state index contributed by atoms with van der Waals surface area (Å²) in [5, 5.41) is 9.86. The van der Waals surface area contributed by atoms with Gasteiger partial charge in [-0.3, -0.25) is 4.79 Å². The van der Waals surface area contributed by atoms with Gasteiger partial charge < -0.3 is 20.9 Å². The number of hydrogen-bond acceptors (Lipinski definition) is 7. The van der Waals surface area contributed by atoms with Crippen LogP contribution in [0.4, 0.5) is 17.5 Å². The van der Waals surface area contributed by atoms with Gasteiger partial charge in [0.05, 0.1) is 5.69 Å². The number of benzene rings is 1. The number of nitrogens with one attached hydrogen (secondary N) is 3. The predicted octanol–water partition coefficient (Wildman–Crippen LogP) is 4.12. The van der Waals surface area contributed by atoms with Crippen LogP contribution in [0, 0.1) is 6.92 Å². The van der Waals surface area contributed by atoms with Crippen molar-refractivity contribution in [1.29, 1.82) is 0 Å². The van der Waals surface area contributed by atoms with Crippen LogP contribution in [0.5, 0.6) is 0 Å². The van der Waals surface area contributed by atoms with Crippen molar-refractivity contribution in [3.63, 3.8) is 0 Å². The van der Waals surface area contributed by atoms with Gasteiger partial charge in [0.25, 0.3) is 5.91 Å². The molecule has 4 heterocycles. The minimum absolute atomic E-state index is 0.0195. The molecule has 3 N–H and O–H groups in total. The van der Waals surface area contributed by atoms with Gasteiger partial charge in [-0.25, -0.2) is 15.0 Å². The standard InChI is InChI=1S/C27H33N7O/c1-17-13-18(25(35)31-20-8-11-34(4)12-9-20)5-6-22(17)32-26-28-10-7-23(33-26)19-14-21-24(29-15-19)30-16-27(21,2)3/h5-7,10,13-15,20H,8-9,11-12,16H2,1-4H3,(H,29,30)(H,31,35)(H,28,32,33). The SMILES string of the molecule is Cc1cc(C(=O)NC2CCN(C)CC2)ccc1Nc1nccc(-c2cnc3c(c2)C(C)(C)CN3)n1. The van der Waals surface area contributed by atoms with Crippen LogP contribution in [0.15, 0.2) is 42.7 Å². The van der Waals surface area contributed by atoms with Crippen molar-refractivity contribution in [2.24, 2.45) is 0 Å². The lowest BCUT2D eigenvalue weighted by Gasteiger charge is -2.29. The Hall–Kier alpha value is -3.52. The van der Waals surface area contributed by atoms with Crippen molar-refractivity contribution in [1.82, 2.24) is 25.2 Å². The Morgan fingerprint density at radius 1 is 1.14 bits per heavy atom. The van der Waals surface area contributed by atoms with Crippen LogP contribution in [0.25, 0.3) is 11.3 Å². The highest BCUT2D eigenvalue weighted by molar-refractivity contribution is 5.95. The third-order valence-electron chi connectivity index (χ3n) is 7.05. The lowest BCUT2D eigenvalue weighted by molar-refractivity contribution is 0.0917. The van der Waals surface area contributed by atoms with Crippen LogP contribution in [0.2, 0.25) is 0 Å². The second-order valence-corrected chi connectivity index (χ2v) is 10.3. The monoisotopic (exact) mass is 471 g/mol. The van der Waals surface area contributed by atoms with Crippen LogP contribution in [-0.2, 0) is 5.41 Å². The summed E-state index contributed by atoms with van der Waals surface area (Å²) >= 11 is 0. The molecule has 35 heavy (non-hydrogen) atoms. The number of likely N-dealkylation sites (tertiary alicyclic amines) is 1. The van der Waals surface area contributed by atoms with Crippen molar-refractivity contribution in [3.05, 3.63) is 59.4 Å². The number of carbonyl (C=O) groups excluding carboxylic acids is 1. The quantitative estimate of drug-likeness (QED) is 0.515. The molecule has 182 valence electrons. The largest absolute Gasteiger partial charge is 0.369 e. The molecule has 8 heteroatoms. The molecule has 0 spiro atoms. The summed E-state index contributed by atoms with van der Waals surface area (Å²) in [5.41, 5.74) is 5.51. The Kier molecular flexibility index (Phi) is 6.15. The summed E-state index contributed by atoms with van der Waals surface area (Å²) < 4.78 is 0. The summed E-state index contributed by atoms with van der Waals surface area (Å²) in [6.45, 7) is 9.32. The number of hydrogen-bond donors (Lipinski definition) is 3. The molecule has 0 saturated carbocycles. The average Bonchev–Trinajstić information content (AvgIpc) is 3.16. The van der Waals surface area contributed by atoms with Crippen LogP contribution >= 0.6 is 0 Å². The highest BCUT2D eigenvalue weighted by Crippen LogP contribution is 2.36. The van der Waals surface area contributed by atoms with Crippen LogP contribution in [0.1, 0.15) is 48.2 Å². The molecule has 0 bridgehead atoms. The summed E-state index contributed by atoms with van der Waals surface area (Å²) in [6.07, 6.45) is 5.58. The number of aryl methyl sites for hydroxylation is 1. The maximum Gasteiger partial charge on any atom is 0.251 e. The zero-order valence-corrected chi connectivity index (χ0v) is 20.9. The molecule has 0 atom stereocenters. The molecule has 1 saturated heterocycles. The summed E-state index contributed by atoms with van der Waals surface area (Å²) in [7, 11) is 2.12. The molecular formula is C27H33N7O. The van der Waals surface area contributed by atoms with E-state index in [1.54, 1.807) is 6.20 Å². The maximum atomic E-state index is 12.8. The number of anilines is 3. The lowest BCUT2D eigenvalue weighted by atomic mass is 9.87. The number of carbonyl (C=O) groups is 1. The third kappa shape index (κ3) is 4.98. The first kappa shape index (κ1) is 23.2. The molecule has 1 amide bonds. The summed E-state index contributed by atoms with van der Waals surface area (Å²) in [4.78, 5) is 28.8. The number of amides is 1. The van der Waals surface area contributed by atoms with E-state index in [9.17, 15) is 4.79 Å². The molecule has 5 rings (SSSR count). The van der Waals surface area contributed by atoms with Crippen LogP contribution in [0.3, 0.4) is 0 Å². The van der Waals surface area contributed by atoms with Gasteiger partial charge in [0.2, 0.25) is 5.95 Å². The minimum atomic E-state index is -0.0195. The second kappa shape index (κ2) is 9.26. The van der Waals surface area contributed by atoms with Crippen molar-refractivity contribution >= 4 is 23.4 Å². The van der Waals surface area contributed by atoms with Crippen molar-refractivity contribution in [3.8, 4) is 11.3 Å². The Balaban J connectivity index is 1.30. The molecule has 0 radical (unpaired) electrons.